The molecular formula is C16H22N2O3. The van der Waals surface area contributed by atoms with Crippen LogP contribution in [0.5, 0.6) is 0 Å². The van der Waals surface area contributed by atoms with Crippen molar-refractivity contribution in [1.29, 1.82) is 0 Å². The van der Waals surface area contributed by atoms with Gasteiger partial charge in [0.25, 0.3) is 0 Å². The molecule has 1 atom stereocenters. The van der Waals surface area contributed by atoms with Crippen LogP contribution in [0.3, 0.4) is 0 Å². The molecule has 1 unspecified atom stereocenters. The summed E-state index contributed by atoms with van der Waals surface area (Å²) in [4.78, 5) is 12.1. The van der Waals surface area contributed by atoms with Crippen molar-refractivity contribution >= 4 is 11.6 Å². The van der Waals surface area contributed by atoms with Crippen LogP contribution in [0.4, 0.5) is 5.69 Å². The number of rotatable bonds is 6. The molecule has 0 bridgehead atoms. The second-order valence-electron chi connectivity index (χ2n) is 5.73. The summed E-state index contributed by atoms with van der Waals surface area (Å²) < 4.78 is 11.0. The first-order valence-electron chi connectivity index (χ1n) is 7.60. The number of ether oxygens (including phenoxy) is 2. The molecule has 114 valence electrons. The Balaban J connectivity index is 1.50. The highest BCUT2D eigenvalue weighted by Gasteiger charge is 2.22. The van der Waals surface area contributed by atoms with E-state index in [9.17, 15) is 4.79 Å². The number of carbonyl (C=O) groups is 1. The second kappa shape index (κ2) is 7.02. The predicted octanol–water partition coefficient (Wildman–Crippen LogP) is 1.54. The van der Waals surface area contributed by atoms with E-state index in [0.29, 0.717) is 26.4 Å². The lowest BCUT2D eigenvalue weighted by Gasteiger charge is -2.23. The molecule has 1 aromatic rings. The largest absolute Gasteiger partial charge is 0.378 e. The van der Waals surface area contributed by atoms with Gasteiger partial charge in [0.1, 0.15) is 6.04 Å². The van der Waals surface area contributed by atoms with Crippen LogP contribution in [-0.4, -0.2) is 38.3 Å². The van der Waals surface area contributed by atoms with E-state index in [1.54, 1.807) is 0 Å². The summed E-state index contributed by atoms with van der Waals surface area (Å²) in [5.74, 6) is 0.719. The van der Waals surface area contributed by atoms with Crippen LogP contribution in [-0.2, 0) is 20.9 Å². The Morgan fingerprint density at radius 2 is 2.33 bits per heavy atom. The molecule has 1 aliphatic carbocycles. The highest BCUT2D eigenvalue weighted by atomic mass is 16.5. The molecule has 1 saturated carbocycles. The van der Waals surface area contributed by atoms with Gasteiger partial charge in [-0.05, 0) is 36.5 Å². The number of carbonyl (C=O) groups excluding carboxylic acids is 1. The average molecular weight is 290 g/mol. The summed E-state index contributed by atoms with van der Waals surface area (Å²) in [7, 11) is 0. The molecule has 2 fully saturated rings. The van der Waals surface area contributed by atoms with E-state index in [2.05, 4.69) is 10.6 Å². The first-order chi connectivity index (χ1) is 10.3. The Morgan fingerprint density at radius 3 is 3.10 bits per heavy atom. The van der Waals surface area contributed by atoms with E-state index in [0.717, 1.165) is 23.8 Å². The van der Waals surface area contributed by atoms with E-state index in [1.165, 1.54) is 12.8 Å². The number of nitrogens with one attached hydrogen (secondary N) is 2. The maximum absolute atomic E-state index is 12.1. The molecule has 1 heterocycles. The Labute approximate surface area is 125 Å². The smallest absolute Gasteiger partial charge is 0.243 e. The molecular weight excluding hydrogens is 268 g/mol. The van der Waals surface area contributed by atoms with Crippen molar-refractivity contribution < 1.29 is 14.3 Å². The van der Waals surface area contributed by atoms with Crippen molar-refractivity contribution in [2.45, 2.75) is 25.5 Å². The molecule has 2 aliphatic rings. The van der Waals surface area contributed by atoms with Crippen LogP contribution >= 0.6 is 0 Å². The summed E-state index contributed by atoms with van der Waals surface area (Å²) in [6.45, 7) is 3.26. The number of morpholine rings is 1. The Morgan fingerprint density at radius 1 is 1.43 bits per heavy atom. The highest BCUT2D eigenvalue weighted by Crippen LogP contribution is 2.29. The molecule has 1 saturated heterocycles. The van der Waals surface area contributed by atoms with Crippen molar-refractivity contribution in [1.82, 2.24) is 5.32 Å². The lowest BCUT2D eigenvalue weighted by molar-refractivity contribution is -0.120. The number of amides is 1. The third-order valence-electron chi connectivity index (χ3n) is 3.75. The van der Waals surface area contributed by atoms with Crippen molar-refractivity contribution in [3.05, 3.63) is 29.8 Å². The van der Waals surface area contributed by atoms with E-state index >= 15 is 0 Å². The zero-order chi connectivity index (χ0) is 14.5. The normalized spacial score (nSPS) is 22.0. The minimum Gasteiger partial charge on any atom is -0.378 e. The zero-order valence-corrected chi connectivity index (χ0v) is 12.1. The van der Waals surface area contributed by atoms with Crippen LogP contribution < -0.4 is 10.6 Å². The summed E-state index contributed by atoms with van der Waals surface area (Å²) in [5, 5.41) is 6.07. The summed E-state index contributed by atoms with van der Waals surface area (Å²) in [6, 6.07) is 7.55. The van der Waals surface area contributed by atoms with Crippen molar-refractivity contribution in [3.8, 4) is 0 Å². The van der Waals surface area contributed by atoms with Crippen LogP contribution in [0, 0.1) is 5.92 Å². The molecule has 1 aromatic carbocycles. The minimum absolute atomic E-state index is 0.0502. The first-order valence-corrected chi connectivity index (χ1v) is 7.60. The quantitative estimate of drug-likeness (QED) is 0.834. The number of hydrogen-bond acceptors (Lipinski definition) is 4. The molecule has 5 nitrogen and oxygen atoms in total. The van der Waals surface area contributed by atoms with Gasteiger partial charge in [0, 0.05) is 18.8 Å². The van der Waals surface area contributed by atoms with Crippen LogP contribution in [0.1, 0.15) is 18.4 Å². The zero-order valence-electron chi connectivity index (χ0n) is 12.1. The lowest BCUT2D eigenvalue weighted by atomic mass is 10.2. The van der Waals surface area contributed by atoms with Crippen molar-refractivity contribution in [3.63, 3.8) is 0 Å². The SMILES string of the molecule is O=C(Nc1cccc(COCC2CC2)c1)C1COCCN1. The summed E-state index contributed by atoms with van der Waals surface area (Å²) in [6.07, 6.45) is 2.60. The Kier molecular flexibility index (Phi) is 4.85. The van der Waals surface area contributed by atoms with E-state index in [4.69, 9.17) is 9.47 Å². The fourth-order valence-corrected chi connectivity index (χ4v) is 2.33. The third kappa shape index (κ3) is 4.52. The van der Waals surface area contributed by atoms with Gasteiger partial charge in [0.15, 0.2) is 0 Å². The third-order valence-corrected chi connectivity index (χ3v) is 3.75. The van der Waals surface area contributed by atoms with Gasteiger partial charge in [0.2, 0.25) is 5.91 Å². The molecule has 1 amide bonds. The van der Waals surface area contributed by atoms with Gasteiger partial charge in [0.05, 0.1) is 19.8 Å². The Hall–Kier alpha value is -1.43. The number of anilines is 1. The fraction of sp³-hybridized carbons (Fsp3) is 0.562. The number of benzene rings is 1. The van der Waals surface area contributed by atoms with E-state index in [-0.39, 0.29) is 11.9 Å². The number of hydrogen-bond donors (Lipinski definition) is 2. The maximum Gasteiger partial charge on any atom is 0.243 e. The van der Waals surface area contributed by atoms with Crippen LogP contribution in [0.15, 0.2) is 24.3 Å². The average Bonchev–Trinajstić information content (AvgIpc) is 3.33. The standard InChI is InChI=1S/C16H22N2O3/c19-16(15-11-20-7-6-17-15)18-14-3-1-2-13(8-14)10-21-9-12-4-5-12/h1-3,8,12,15,17H,4-7,9-11H2,(H,18,19). The fourth-order valence-electron chi connectivity index (χ4n) is 2.33. The monoisotopic (exact) mass is 290 g/mol. The molecule has 5 heteroatoms. The Bertz CT molecular complexity index is 482. The van der Waals surface area contributed by atoms with Gasteiger partial charge in [-0.15, -0.1) is 0 Å². The molecule has 21 heavy (non-hydrogen) atoms. The van der Waals surface area contributed by atoms with Gasteiger partial charge in [-0.25, -0.2) is 0 Å². The molecule has 3 rings (SSSR count). The second-order valence-corrected chi connectivity index (χ2v) is 5.73. The maximum atomic E-state index is 12.1. The van der Waals surface area contributed by atoms with Gasteiger partial charge < -0.3 is 20.1 Å². The molecule has 2 N–H and O–H groups in total. The van der Waals surface area contributed by atoms with Gasteiger partial charge in [-0.3, -0.25) is 4.79 Å². The van der Waals surface area contributed by atoms with E-state index in [1.807, 2.05) is 24.3 Å². The van der Waals surface area contributed by atoms with Crippen LogP contribution in [0.2, 0.25) is 0 Å². The van der Waals surface area contributed by atoms with Crippen LogP contribution in [0.25, 0.3) is 0 Å². The van der Waals surface area contributed by atoms with Crippen molar-refractivity contribution in [2.24, 2.45) is 5.92 Å². The molecule has 1 aliphatic heterocycles. The van der Waals surface area contributed by atoms with Crippen molar-refractivity contribution in [2.75, 3.05) is 31.7 Å². The minimum atomic E-state index is -0.270. The van der Waals surface area contributed by atoms with Gasteiger partial charge >= 0.3 is 0 Å². The predicted molar refractivity (Wildman–Crippen MR) is 80.1 cm³/mol. The van der Waals surface area contributed by atoms with Gasteiger partial charge in [-0.2, -0.15) is 0 Å². The molecule has 0 aromatic heterocycles. The van der Waals surface area contributed by atoms with Gasteiger partial charge in [-0.1, -0.05) is 12.1 Å². The molecule has 0 radical (unpaired) electrons. The first kappa shape index (κ1) is 14.5. The highest BCUT2D eigenvalue weighted by molar-refractivity contribution is 5.95. The topological polar surface area (TPSA) is 59.6 Å². The molecule has 0 spiro atoms. The summed E-state index contributed by atoms with van der Waals surface area (Å²) >= 11 is 0. The summed E-state index contributed by atoms with van der Waals surface area (Å²) in [5.41, 5.74) is 1.89. The lowest BCUT2D eigenvalue weighted by Crippen LogP contribution is -2.48. The van der Waals surface area contributed by atoms with E-state index < -0.39 is 0 Å².